The highest BCUT2D eigenvalue weighted by Crippen LogP contribution is 2.21. The lowest BCUT2D eigenvalue weighted by Gasteiger charge is -2.14. The second-order valence-corrected chi connectivity index (χ2v) is 4.04. The monoisotopic (exact) mass is 267 g/mol. The van der Waals surface area contributed by atoms with Crippen LogP contribution in [0.4, 0.5) is 18.9 Å². The summed E-state index contributed by atoms with van der Waals surface area (Å²) in [5.41, 5.74) is 0.0298. The maximum atomic E-state index is 13.4. The van der Waals surface area contributed by atoms with Gasteiger partial charge >= 0.3 is 0 Å². The molecule has 0 amide bonds. The van der Waals surface area contributed by atoms with Gasteiger partial charge in [-0.3, -0.25) is 0 Å². The van der Waals surface area contributed by atoms with E-state index in [9.17, 15) is 18.3 Å². The van der Waals surface area contributed by atoms with E-state index in [4.69, 9.17) is 0 Å². The zero-order valence-electron chi connectivity index (χ0n) is 9.91. The van der Waals surface area contributed by atoms with Gasteiger partial charge in [0.1, 0.15) is 23.6 Å². The van der Waals surface area contributed by atoms with E-state index in [1.807, 2.05) is 0 Å². The van der Waals surface area contributed by atoms with Crippen molar-refractivity contribution in [2.75, 3.05) is 11.9 Å². The highest BCUT2D eigenvalue weighted by Gasteiger charge is 2.17. The zero-order valence-corrected chi connectivity index (χ0v) is 9.91. The minimum atomic E-state index is -1.36. The first-order valence-electron chi connectivity index (χ1n) is 5.69. The van der Waals surface area contributed by atoms with Crippen LogP contribution < -0.4 is 5.32 Å². The molecule has 2 nitrogen and oxygen atoms in total. The van der Waals surface area contributed by atoms with Crippen molar-refractivity contribution in [1.82, 2.24) is 0 Å². The summed E-state index contributed by atoms with van der Waals surface area (Å²) < 4.78 is 39.7. The molecule has 0 spiro atoms. The lowest BCUT2D eigenvalue weighted by Crippen LogP contribution is -2.15. The largest absolute Gasteiger partial charge is 0.386 e. The van der Waals surface area contributed by atoms with Gasteiger partial charge in [0.25, 0.3) is 0 Å². The normalized spacial score (nSPS) is 12.2. The molecule has 0 aromatic heterocycles. The van der Waals surface area contributed by atoms with Crippen molar-refractivity contribution in [3.8, 4) is 0 Å². The van der Waals surface area contributed by atoms with Gasteiger partial charge in [0.15, 0.2) is 0 Å². The SMILES string of the molecule is OC(CNc1cccc(F)c1)c1c(F)cccc1F. The van der Waals surface area contributed by atoms with Crippen LogP contribution in [0.5, 0.6) is 0 Å². The van der Waals surface area contributed by atoms with Crippen LogP contribution in [0, 0.1) is 17.5 Å². The molecular formula is C14H12F3NO. The van der Waals surface area contributed by atoms with Crippen molar-refractivity contribution in [3.63, 3.8) is 0 Å². The van der Waals surface area contributed by atoms with E-state index in [1.54, 1.807) is 6.07 Å². The molecular weight excluding hydrogens is 255 g/mol. The topological polar surface area (TPSA) is 32.3 Å². The number of rotatable bonds is 4. The van der Waals surface area contributed by atoms with Crippen LogP contribution in [0.25, 0.3) is 0 Å². The number of nitrogens with one attached hydrogen (secondary N) is 1. The van der Waals surface area contributed by atoms with Gasteiger partial charge in [0, 0.05) is 12.2 Å². The van der Waals surface area contributed by atoms with Gasteiger partial charge in [-0.25, -0.2) is 13.2 Å². The minimum Gasteiger partial charge on any atom is -0.386 e. The van der Waals surface area contributed by atoms with E-state index < -0.39 is 29.1 Å². The Labute approximate surface area is 108 Å². The van der Waals surface area contributed by atoms with Crippen LogP contribution in [0.15, 0.2) is 42.5 Å². The molecule has 0 saturated carbocycles. The highest BCUT2D eigenvalue weighted by atomic mass is 19.1. The lowest BCUT2D eigenvalue weighted by molar-refractivity contribution is 0.181. The summed E-state index contributed by atoms with van der Waals surface area (Å²) in [6.07, 6.45) is -1.36. The average Bonchev–Trinajstić information content (AvgIpc) is 2.36. The van der Waals surface area contributed by atoms with Crippen molar-refractivity contribution >= 4 is 5.69 Å². The second-order valence-electron chi connectivity index (χ2n) is 4.04. The van der Waals surface area contributed by atoms with Crippen molar-refractivity contribution in [2.45, 2.75) is 6.10 Å². The van der Waals surface area contributed by atoms with Gasteiger partial charge in [-0.05, 0) is 30.3 Å². The molecule has 19 heavy (non-hydrogen) atoms. The van der Waals surface area contributed by atoms with E-state index in [-0.39, 0.29) is 6.54 Å². The summed E-state index contributed by atoms with van der Waals surface area (Å²) in [6, 6.07) is 8.96. The molecule has 100 valence electrons. The van der Waals surface area contributed by atoms with Gasteiger partial charge < -0.3 is 10.4 Å². The Morgan fingerprint density at radius 3 is 2.26 bits per heavy atom. The summed E-state index contributed by atoms with van der Waals surface area (Å²) in [5.74, 6) is -2.06. The summed E-state index contributed by atoms with van der Waals surface area (Å²) in [5, 5.41) is 12.5. The first-order chi connectivity index (χ1) is 9.08. The van der Waals surface area contributed by atoms with E-state index in [2.05, 4.69) is 5.32 Å². The number of halogens is 3. The molecule has 0 bridgehead atoms. The molecule has 2 N–H and O–H groups in total. The van der Waals surface area contributed by atoms with E-state index in [0.717, 1.165) is 12.1 Å². The van der Waals surface area contributed by atoms with Crippen LogP contribution in [-0.4, -0.2) is 11.7 Å². The number of hydrogen-bond acceptors (Lipinski definition) is 2. The smallest absolute Gasteiger partial charge is 0.132 e. The molecule has 1 unspecified atom stereocenters. The standard InChI is InChI=1S/C14H12F3NO/c15-9-3-1-4-10(7-9)18-8-13(19)14-11(16)5-2-6-12(14)17/h1-7,13,18-19H,8H2. The maximum Gasteiger partial charge on any atom is 0.132 e. The molecule has 0 fully saturated rings. The first kappa shape index (κ1) is 13.4. The van der Waals surface area contributed by atoms with Crippen LogP contribution in [0.3, 0.4) is 0 Å². The summed E-state index contributed by atoms with van der Waals surface area (Å²) in [7, 11) is 0. The highest BCUT2D eigenvalue weighted by molar-refractivity contribution is 5.43. The minimum absolute atomic E-state index is 0.124. The Morgan fingerprint density at radius 1 is 1.00 bits per heavy atom. The quantitative estimate of drug-likeness (QED) is 0.891. The predicted octanol–water partition coefficient (Wildman–Crippen LogP) is 3.25. The Kier molecular flexibility index (Phi) is 4.06. The predicted molar refractivity (Wildman–Crippen MR) is 66.2 cm³/mol. The van der Waals surface area contributed by atoms with Gasteiger partial charge in [0.05, 0.1) is 5.56 Å². The number of hydrogen-bond donors (Lipinski definition) is 2. The lowest BCUT2D eigenvalue weighted by atomic mass is 10.1. The summed E-state index contributed by atoms with van der Waals surface area (Å²) in [4.78, 5) is 0. The zero-order chi connectivity index (χ0) is 13.8. The van der Waals surface area contributed by atoms with Gasteiger partial charge in [-0.15, -0.1) is 0 Å². The molecule has 0 saturated heterocycles. The summed E-state index contributed by atoms with van der Waals surface area (Å²) in [6.45, 7) is -0.124. The van der Waals surface area contributed by atoms with E-state index in [1.165, 1.54) is 24.3 Å². The van der Waals surface area contributed by atoms with Gasteiger partial charge in [-0.1, -0.05) is 12.1 Å². The molecule has 0 aliphatic carbocycles. The van der Waals surface area contributed by atoms with Gasteiger partial charge in [0.2, 0.25) is 0 Å². The molecule has 1 atom stereocenters. The Balaban J connectivity index is 2.07. The molecule has 0 heterocycles. The first-order valence-corrected chi connectivity index (χ1v) is 5.69. The molecule has 2 aromatic rings. The number of aliphatic hydroxyl groups excluding tert-OH is 1. The van der Waals surface area contributed by atoms with E-state index >= 15 is 0 Å². The van der Waals surface area contributed by atoms with Crippen molar-refractivity contribution < 1.29 is 18.3 Å². The van der Waals surface area contributed by atoms with Crippen LogP contribution >= 0.6 is 0 Å². The van der Waals surface area contributed by atoms with Crippen LogP contribution in [0.2, 0.25) is 0 Å². The molecule has 2 rings (SSSR count). The number of benzene rings is 2. The maximum absolute atomic E-state index is 13.4. The average molecular weight is 267 g/mol. The molecule has 0 aliphatic rings. The molecule has 5 heteroatoms. The van der Waals surface area contributed by atoms with Crippen molar-refractivity contribution in [3.05, 3.63) is 65.5 Å². The fourth-order valence-corrected chi connectivity index (χ4v) is 1.74. The van der Waals surface area contributed by atoms with Crippen molar-refractivity contribution in [1.29, 1.82) is 0 Å². The fourth-order valence-electron chi connectivity index (χ4n) is 1.74. The third kappa shape index (κ3) is 3.26. The van der Waals surface area contributed by atoms with Crippen molar-refractivity contribution in [2.24, 2.45) is 0 Å². The summed E-state index contributed by atoms with van der Waals surface area (Å²) >= 11 is 0. The Bertz CT molecular complexity index is 554. The fraction of sp³-hybridized carbons (Fsp3) is 0.143. The number of aliphatic hydroxyl groups is 1. The van der Waals surface area contributed by atoms with Crippen LogP contribution in [-0.2, 0) is 0 Å². The third-order valence-electron chi connectivity index (χ3n) is 2.66. The third-order valence-corrected chi connectivity index (χ3v) is 2.66. The second kappa shape index (κ2) is 5.75. The van der Waals surface area contributed by atoms with Gasteiger partial charge in [-0.2, -0.15) is 0 Å². The Hall–Kier alpha value is -2.01. The number of anilines is 1. The molecule has 2 aromatic carbocycles. The van der Waals surface area contributed by atoms with Crippen LogP contribution in [0.1, 0.15) is 11.7 Å². The molecule has 0 aliphatic heterocycles. The molecule has 0 radical (unpaired) electrons. The Morgan fingerprint density at radius 2 is 1.63 bits per heavy atom. The van der Waals surface area contributed by atoms with E-state index in [0.29, 0.717) is 5.69 Å².